The van der Waals surface area contributed by atoms with Crippen LogP contribution >= 0.6 is 11.8 Å². The summed E-state index contributed by atoms with van der Waals surface area (Å²) in [7, 11) is 0. The van der Waals surface area contributed by atoms with Gasteiger partial charge in [0, 0.05) is 5.75 Å². The van der Waals surface area contributed by atoms with E-state index < -0.39 is 53.5 Å². The molecule has 0 aliphatic carbocycles. The van der Waals surface area contributed by atoms with Gasteiger partial charge in [-0.3, -0.25) is 4.79 Å². The fourth-order valence-corrected chi connectivity index (χ4v) is 1.37. The van der Waals surface area contributed by atoms with Gasteiger partial charge in [0.25, 0.3) is 0 Å². The molecular weight excluding hydrogens is 292 g/mol. The minimum Gasteiger partial charge on any atom is -0.480 e. The first-order valence-electron chi connectivity index (χ1n) is 4.24. The minimum absolute atomic E-state index is 0.582. The van der Waals surface area contributed by atoms with E-state index in [2.05, 4.69) is 0 Å². The van der Waals surface area contributed by atoms with Crippen LogP contribution in [0.5, 0.6) is 0 Å². The van der Waals surface area contributed by atoms with Crippen molar-refractivity contribution < 1.29 is 41.0 Å². The SMILES string of the molecule is O=C(O)[C@H](CCSC(F)(F)F)NC(=O)C(F)(F)F. The molecule has 0 spiro atoms. The Bertz CT molecular complexity index is 315. The number of carboxylic acid groups (broad SMARTS) is 1. The highest BCUT2D eigenvalue weighted by Crippen LogP contribution is 2.30. The van der Waals surface area contributed by atoms with Gasteiger partial charge in [0.05, 0.1) is 0 Å². The number of carbonyl (C=O) groups is 2. The summed E-state index contributed by atoms with van der Waals surface area (Å²) in [5.41, 5.74) is -4.61. The summed E-state index contributed by atoms with van der Waals surface area (Å²) < 4.78 is 70.5. The maximum absolute atomic E-state index is 11.8. The monoisotopic (exact) mass is 299 g/mol. The molecule has 0 saturated carbocycles. The Morgan fingerprint density at radius 1 is 1.17 bits per heavy atom. The van der Waals surface area contributed by atoms with Crippen LogP contribution in [0.15, 0.2) is 0 Å². The Balaban J connectivity index is 4.34. The van der Waals surface area contributed by atoms with Crippen molar-refractivity contribution in [1.82, 2.24) is 5.32 Å². The lowest BCUT2D eigenvalue weighted by atomic mass is 10.2. The smallest absolute Gasteiger partial charge is 0.471 e. The van der Waals surface area contributed by atoms with E-state index in [0.717, 1.165) is 5.32 Å². The second-order valence-corrected chi connectivity index (χ2v) is 4.10. The van der Waals surface area contributed by atoms with Gasteiger partial charge in [-0.15, -0.1) is 0 Å². The van der Waals surface area contributed by atoms with E-state index >= 15 is 0 Å². The summed E-state index contributed by atoms with van der Waals surface area (Å²) in [6.45, 7) is 0. The van der Waals surface area contributed by atoms with Crippen molar-refractivity contribution in [2.75, 3.05) is 5.75 Å². The number of hydrogen-bond acceptors (Lipinski definition) is 3. The molecule has 0 saturated heterocycles. The van der Waals surface area contributed by atoms with Crippen LogP contribution in [0.4, 0.5) is 26.3 Å². The summed E-state index contributed by atoms with van der Waals surface area (Å²) in [6.07, 6.45) is -6.06. The summed E-state index contributed by atoms with van der Waals surface area (Å²) in [5, 5.41) is 9.54. The molecule has 0 rings (SSSR count). The molecule has 0 aromatic carbocycles. The predicted molar refractivity (Wildman–Crippen MR) is 48.8 cm³/mol. The van der Waals surface area contributed by atoms with Gasteiger partial charge in [-0.25, -0.2) is 4.79 Å². The van der Waals surface area contributed by atoms with Crippen LogP contribution in [0.25, 0.3) is 0 Å². The van der Waals surface area contributed by atoms with Crippen LogP contribution in [-0.2, 0) is 9.59 Å². The molecule has 0 heterocycles. The molecule has 4 nitrogen and oxygen atoms in total. The Labute approximate surface area is 101 Å². The number of nitrogens with one attached hydrogen (secondary N) is 1. The largest absolute Gasteiger partial charge is 0.480 e. The second-order valence-electron chi connectivity index (χ2n) is 2.94. The molecule has 0 fully saturated rings. The van der Waals surface area contributed by atoms with E-state index in [9.17, 15) is 35.9 Å². The second kappa shape index (κ2) is 6.16. The number of halogens is 6. The number of aliphatic carboxylic acids is 1. The maximum Gasteiger partial charge on any atom is 0.471 e. The number of amides is 1. The standard InChI is InChI=1S/C7H7F6NO3S/c8-6(9,10)5(17)14-3(4(15)16)1-2-18-7(11,12)13/h3H,1-2H2,(H,14,17)(H,15,16)/t3-/m0/s1. The van der Waals surface area contributed by atoms with E-state index in [1.807, 2.05) is 0 Å². The van der Waals surface area contributed by atoms with Gasteiger partial charge >= 0.3 is 23.6 Å². The number of alkyl halides is 6. The molecule has 0 aliphatic rings. The van der Waals surface area contributed by atoms with Crippen LogP contribution in [0.1, 0.15) is 6.42 Å². The summed E-state index contributed by atoms with van der Waals surface area (Å²) >= 11 is -0.582. The van der Waals surface area contributed by atoms with Gasteiger partial charge in [-0.1, -0.05) is 11.8 Å². The summed E-state index contributed by atoms with van der Waals surface area (Å²) in [5.74, 6) is -5.12. The van der Waals surface area contributed by atoms with Crippen LogP contribution in [0, 0.1) is 0 Å². The minimum atomic E-state index is -5.29. The number of thioether (sulfide) groups is 1. The number of carboxylic acids is 1. The third kappa shape index (κ3) is 7.25. The Morgan fingerprint density at radius 3 is 2.00 bits per heavy atom. The van der Waals surface area contributed by atoms with Crippen LogP contribution in [0.2, 0.25) is 0 Å². The zero-order valence-electron chi connectivity index (χ0n) is 8.43. The van der Waals surface area contributed by atoms with Crippen LogP contribution < -0.4 is 5.32 Å². The molecule has 106 valence electrons. The van der Waals surface area contributed by atoms with E-state index in [0.29, 0.717) is 0 Å². The molecule has 1 atom stereocenters. The Kier molecular flexibility index (Phi) is 5.77. The predicted octanol–water partition coefficient (Wildman–Crippen LogP) is 1.76. The van der Waals surface area contributed by atoms with Gasteiger partial charge in [0.15, 0.2) is 0 Å². The van der Waals surface area contributed by atoms with E-state index in [4.69, 9.17) is 5.11 Å². The van der Waals surface area contributed by atoms with Crippen molar-refractivity contribution in [3.63, 3.8) is 0 Å². The van der Waals surface area contributed by atoms with Gasteiger partial charge in [0.1, 0.15) is 6.04 Å². The summed E-state index contributed by atoms with van der Waals surface area (Å²) in [6, 6.07) is -2.02. The highest BCUT2D eigenvalue weighted by Gasteiger charge is 2.41. The van der Waals surface area contributed by atoms with Crippen molar-refractivity contribution in [2.45, 2.75) is 24.1 Å². The molecule has 18 heavy (non-hydrogen) atoms. The first-order chi connectivity index (χ1) is 7.93. The zero-order chi connectivity index (χ0) is 14.6. The lowest BCUT2D eigenvalue weighted by Crippen LogP contribution is -2.47. The van der Waals surface area contributed by atoms with Gasteiger partial charge < -0.3 is 10.4 Å². The van der Waals surface area contributed by atoms with Crippen molar-refractivity contribution in [2.24, 2.45) is 0 Å². The van der Waals surface area contributed by atoms with Crippen LogP contribution in [-0.4, -0.2) is 40.5 Å². The molecule has 11 heteroatoms. The van der Waals surface area contributed by atoms with Crippen molar-refractivity contribution in [3.05, 3.63) is 0 Å². The maximum atomic E-state index is 11.8. The molecule has 0 aliphatic heterocycles. The zero-order valence-corrected chi connectivity index (χ0v) is 9.25. The van der Waals surface area contributed by atoms with E-state index in [-0.39, 0.29) is 0 Å². The van der Waals surface area contributed by atoms with Crippen molar-refractivity contribution in [3.8, 4) is 0 Å². The molecule has 0 unspecified atom stereocenters. The Hall–Kier alpha value is -1.13. The fourth-order valence-electron chi connectivity index (χ4n) is 0.790. The molecule has 0 aromatic rings. The van der Waals surface area contributed by atoms with E-state index in [1.165, 1.54) is 0 Å². The van der Waals surface area contributed by atoms with Crippen molar-refractivity contribution >= 4 is 23.6 Å². The normalized spacial score (nSPS) is 14.1. The molecule has 0 bridgehead atoms. The average molecular weight is 299 g/mol. The third-order valence-corrected chi connectivity index (χ3v) is 2.30. The topological polar surface area (TPSA) is 66.4 Å². The van der Waals surface area contributed by atoms with Crippen LogP contribution in [0.3, 0.4) is 0 Å². The quantitative estimate of drug-likeness (QED) is 0.759. The third-order valence-electron chi connectivity index (χ3n) is 1.53. The first kappa shape index (κ1) is 16.9. The first-order valence-corrected chi connectivity index (χ1v) is 5.23. The van der Waals surface area contributed by atoms with E-state index in [1.54, 1.807) is 0 Å². The number of hydrogen-bond donors (Lipinski definition) is 2. The highest BCUT2D eigenvalue weighted by molar-refractivity contribution is 8.00. The summed E-state index contributed by atoms with van der Waals surface area (Å²) in [4.78, 5) is 20.9. The average Bonchev–Trinajstić information content (AvgIpc) is 2.12. The lowest BCUT2D eigenvalue weighted by molar-refractivity contribution is -0.175. The molecule has 0 aromatic heterocycles. The fraction of sp³-hybridized carbons (Fsp3) is 0.714. The molecular formula is C7H7F6NO3S. The molecule has 2 N–H and O–H groups in total. The molecule has 1 amide bonds. The van der Waals surface area contributed by atoms with Gasteiger partial charge in [-0.05, 0) is 6.42 Å². The number of carbonyl (C=O) groups excluding carboxylic acids is 1. The van der Waals surface area contributed by atoms with Gasteiger partial charge in [0.2, 0.25) is 0 Å². The highest BCUT2D eigenvalue weighted by atomic mass is 32.2. The van der Waals surface area contributed by atoms with Gasteiger partial charge in [-0.2, -0.15) is 26.3 Å². The Morgan fingerprint density at radius 2 is 1.67 bits per heavy atom. The van der Waals surface area contributed by atoms with Crippen molar-refractivity contribution in [1.29, 1.82) is 0 Å². The lowest BCUT2D eigenvalue weighted by Gasteiger charge is -2.15. The number of rotatable bonds is 5. The molecule has 0 radical (unpaired) electrons.